The van der Waals surface area contributed by atoms with Crippen molar-refractivity contribution in [3.8, 4) is 0 Å². The first-order valence-corrected chi connectivity index (χ1v) is 8.43. The summed E-state index contributed by atoms with van der Waals surface area (Å²) in [4.78, 5) is 11.6. The molecule has 1 aromatic carbocycles. The van der Waals surface area contributed by atoms with Crippen molar-refractivity contribution in [2.45, 2.75) is 26.2 Å². The summed E-state index contributed by atoms with van der Waals surface area (Å²) < 4.78 is 31.1. The van der Waals surface area contributed by atoms with Crippen LogP contribution in [0.25, 0.3) is 0 Å². The second-order valence-electron chi connectivity index (χ2n) is 5.04. The molecule has 1 fully saturated rings. The van der Waals surface area contributed by atoms with Crippen LogP contribution in [0.1, 0.15) is 36.5 Å². The van der Waals surface area contributed by atoms with E-state index in [4.69, 9.17) is 4.74 Å². The molecule has 0 saturated heterocycles. The first-order valence-electron chi connectivity index (χ1n) is 6.78. The van der Waals surface area contributed by atoms with Gasteiger partial charge in [0.2, 0.25) is 10.0 Å². The van der Waals surface area contributed by atoms with Gasteiger partial charge in [0.15, 0.2) is 0 Å². The van der Waals surface area contributed by atoms with E-state index in [0.717, 1.165) is 19.3 Å². The third kappa shape index (κ3) is 4.52. The third-order valence-electron chi connectivity index (χ3n) is 2.98. The molecule has 1 saturated carbocycles. The Morgan fingerprint density at radius 3 is 2.50 bits per heavy atom. The van der Waals surface area contributed by atoms with Gasteiger partial charge in [0.1, 0.15) is 0 Å². The van der Waals surface area contributed by atoms with Gasteiger partial charge in [0, 0.05) is 5.69 Å². The van der Waals surface area contributed by atoms with Gasteiger partial charge in [-0.25, -0.2) is 13.2 Å². The number of benzene rings is 1. The first-order chi connectivity index (χ1) is 9.50. The smallest absolute Gasteiger partial charge is 0.338 e. The minimum absolute atomic E-state index is 0.174. The highest BCUT2D eigenvalue weighted by molar-refractivity contribution is 7.92. The summed E-state index contributed by atoms with van der Waals surface area (Å²) >= 11 is 0. The van der Waals surface area contributed by atoms with E-state index in [0.29, 0.717) is 23.8 Å². The molecule has 0 spiro atoms. The van der Waals surface area contributed by atoms with Crippen molar-refractivity contribution in [1.29, 1.82) is 0 Å². The molecular formula is C14H19NO4S. The van der Waals surface area contributed by atoms with Crippen molar-refractivity contribution in [3.05, 3.63) is 29.8 Å². The lowest BCUT2D eigenvalue weighted by Crippen LogP contribution is -2.17. The number of rotatable bonds is 7. The zero-order valence-electron chi connectivity index (χ0n) is 11.5. The summed E-state index contributed by atoms with van der Waals surface area (Å²) in [6.07, 6.45) is 2.75. The molecule has 0 aliphatic heterocycles. The molecule has 0 heterocycles. The van der Waals surface area contributed by atoms with Crippen LogP contribution in [0.15, 0.2) is 24.3 Å². The van der Waals surface area contributed by atoms with Crippen LogP contribution in [0.5, 0.6) is 0 Å². The predicted octanol–water partition coefficient (Wildman–Crippen LogP) is 2.41. The van der Waals surface area contributed by atoms with Crippen LogP contribution in [0.3, 0.4) is 0 Å². The van der Waals surface area contributed by atoms with Gasteiger partial charge in [-0.15, -0.1) is 0 Å². The van der Waals surface area contributed by atoms with Gasteiger partial charge in [0.05, 0.1) is 17.9 Å². The average molecular weight is 297 g/mol. The number of carbonyl (C=O) groups excluding carboxylic acids is 1. The quantitative estimate of drug-likeness (QED) is 0.784. The summed E-state index contributed by atoms with van der Waals surface area (Å²) in [6, 6.07) is 6.28. The van der Waals surface area contributed by atoms with Crippen molar-refractivity contribution in [2.24, 2.45) is 5.92 Å². The molecule has 2 rings (SSSR count). The Morgan fingerprint density at radius 1 is 1.30 bits per heavy atom. The van der Waals surface area contributed by atoms with Crippen LogP contribution in [-0.4, -0.2) is 26.7 Å². The molecule has 0 radical (unpaired) electrons. The lowest BCUT2D eigenvalue weighted by molar-refractivity contribution is 0.0505. The molecule has 0 bridgehead atoms. The number of ether oxygens (including phenoxy) is 1. The van der Waals surface area contributed by atoms with Crippen molar-refractivity contribution >= 4 is 21.7 Å². The van der Waals surface area contributed by atoms with E-state index in [1.54, 1.807) is 24.3 Å². The van der Waals surface area contributed by atoms with Gasteiger partial charge in [-0.3, -0.25) is 4.72 Å². The van der Waals surface area contributed by atoms with Crippen molar-refractivity contribution in [2.75, 3.05) is 17.1 Å². The minimum atomic E-state index is -3.28. The second-order valence-corrected chi connectivity index (χ2v) is 6.81. The summed E-state index contributed by atoms with van der Waals surface area (Å²) in [5, 5.41) is 0. The topological polar surface area (TPSA) is 72.5 Å². The number of hydrogen-bond acceptors (Lipinski definition) is 4. The zero-order chi connectivity index (χ0) is 14.6. The van der Waals surface area contributed by atoms with E-state index in [-0.39, 0.29) is 11.7 Å². The lowest BCUT2D eigenvalue weighted by atomic mass is 10.2. The summed E-state index contributed by atoms with van der Waals surface area (Å²) in [5.41, 5.74) is 0.890. The molecule has 110 valence electrons. The highest BCUT2D eigenvalue weighted by Crippen LogP contribution is 2.30. The van der Waals surface area contributed by atoms with Crippen molar-refractivity contribution < 1.29 is 17.9 Å². The van der Waals surface area contributed by atoms with Crippen LogP contribution in [0.4, 0.5) is 5.69 Å². The van der Waals surface area contributed by atoms with Crippen LogP contribution < -0.4 is 4.72 Å². The molecule has 0 amide bonds. The SMILES string of the molecule is CCCOC(=O)c1ccc(NS(=O)(=O)CC2CC2)cc1. The summed E-state index contributed by atoms with van der Waals surface area (Å²) in [7, 11) is -3.28. The van der Waals surface area contributed by atoms with Gasteiger partial charge in [0.25, 0.3) is 0 Å². The first kappa shape index (κ1) is 14.8. The molecular weight excluding hydrogens is 278 g/mol. The Balaban J connectivity index is 1.95. The molecule has 0 atom stereocenters. The maximum Gasteiger partial charge on any atom is 0.338 e. The highest BCUT2D eigenvalue weighted by Gasteiger charge is 2.27. The van der Waals surface area contributed by atoms with E-state index in [1.807, 2.05) is 6.92 Å². The van der Waals surface area contributed by atoms with Gasteiger partial charge < -0.3 is 4.74 Å². The van der Waals surface area contributed by atoms with Crippen LogP contribution in [0, 0.1) is 5.92 Å². The lowest BCUT2D eigenvalue weighted by Gasteiger charge is -2.08. The fraction of sp³-hybridized carbons (Fsp3) is 0.500. The number of esters is 1. The van der Waals surface area contributed by atoms with E-state index < -0.39 is 10.0 Å². The molecule has 6 heteroatoms. The molecule has 1 N–H and O–H groups in total. The number of sulfonamides is 1. The monoisotopic (exact) mass is 297 g/mol. The fourth-order valence-electron chi connectivity index (χ4n) is 1.77. The maximum atomic E-state index is 11.8. The fourth-order valence-corrected chi connectivity index (χ4v) is 3.30. The Morgan fingerprint density at radius 2 is 1.95 bits per heavy atom. The molecule has 1 aliphatic rings. The van der Waals surface area contributed by atoms with Crippen molar-refractivity contribution in [3.63, 3.8) is 0 Å². The zero-order valence-corrected chi connectivity index (χ0v) is 12.3. The van der Waals surface area contributed by atoms with Crippen LogP contribution >= 0.6 is 0 Å². The van der Waals surface area contributed by atoms with E-state index >= 15 is 0 Å². The maximum absolute atomic E-state index is 11.8. The molecule has 1 aromatic rings. The molecule has 0 aromatic heterocycles. The molecule has 1 aliphatic carbocycles. The van der Waals surface area contributed by atoms with E-state index in [9.17, 15) is 13.2 Å². The largest absolute Gasteiger partial charge is 0.462 e. The summed E-state index contributed by atoms with van der Waals surface area (Å²) in [6.45, 7) is 2.31. The Kier molecular flexibility index (Phi) is 4.65. The third-order valence-corrected chi connectivity index (χ3v) is 4.44. The van der Waals surface area contributed by atoms with Crippen LogP contribution in [-0.2, 0) is 14.8 Å². The number of carbonyl (C=O) groups is 1. The van der Waals surface area contributed by atoms with E-state index in [1.165, 1.54) is 0 Å². The van der Waals surface area contributed by atoms with Crippen molar-refractivity contribution in [1.82, 2.24) is 0 Å². The van der Waals surface area contributed by atoms with Gasteiger partial charge >= 0.3 is 5.97 Å². The summed E-state index contributed by atoms with van der Waals surface area (Å²) in [5.74, 6) is 0.0860. The Labute approximate surface area is 119 Å². The van der Waals surface area contributed by atoms with Gasteiger partial charge in [-0.05, 0) is 49.4 Å². The van der Waals surface area contributed by atoms with Gasteiger partial charge in [-0.2, -0.15) is 0 Å². The standard InChI is InChI=1S/C14H19NO4S/c1-2-9-19-14(16)12-5-7-13(8-6-12)15-20(17,18)10-11-3-4-11/h5-8,11,15H,2-4,9-10H2,1H3. The van der Waals surface area contributed by atoms with E-state index in [2.05, 4.69) is 4.72 Å². The highest BCUT2D eigenvalue weighted by atomic mass is 32.2. The average Bonchev–Trinajstić information content (AvgIpc) is 3.19. The minimum Gasteiger partial charge on any atom is -0.462 e. The number of anilines is 1. The van der Waals surface area contributed by atoms with Crippen LogP contribution in [0.2, 0.25) is 0 Å². The number of hydrogen-bond donors (Lipinski definition) is 1. The Hall–Kier alpha value is -1.56. The molecule has 5 nitrogen and oxygen atoms in total. The predicted molar refractivity (Wildman–Crippen MR) is 77.1 cm³/mol. The van der Waals surface area contributed by atoms with Gasteiger partial charge in [-0.1, -0.05) is 6.92 Å². The normalized spacial score (nSPS) is 14.8. The molecule has 0 unspecified atom stereocenters. The Bertz CT molecular complexity index is 561. The molecule has 20 heavy (non-hydrogen) atoms. The number of nitrogens with one attached hydrogen (secondary N) is 1. The second kappa shape index (κ2) is 6.26.